The van der Waals surface area contributed by atoms with Crippen molar-refractivity contribution >= 4 is 17.2 Å². The molecule has 116 valence electrons. The van der Waals surface area contributed by atoms with E-state index in [4.69, 9.17) is 4.74 Å². The van der Waals surface area contributed by atoms with Crippen LogP contribution in [0.2, 0.25) is 0 Å². The number of piperidine rings is 1. The maximum Gasteiger partial charge on any atom is 0.249 e. The second-order valence-electron chi connectivity index (χ2n) is 6.14. The van der Waals surface area contributed by atoms with Crippen molar-refractivity contribution in [3.8, 4) is 0 Å². The van der Waals surface area contributed by atoms with Crippen LogP contribution in [0, 0.1) is 6.92 Å². The highest BCUT2D eigenvalue weighted by Gasteiger charge is 2.30. The first-order valence-corrected chi connectivity index (χ1v) is 8.95. The molecule has 1 unspecified atom stereocenters. The van der Waals surface area contributed by atoms with E-state index in [1.165, 1.54) is 19.3 Å². The third-order valence-electron chi connectivity index (χ3n) is 4.49. The van der Waals surface area contributed by atoms with E-state index in [0.29, 0.717) is 6.10 Å². The van der Waals surface area contributed by atoms with Crippen LogP contribution in [0.5, 0.6) is 0 Å². The van der Waals surface area contributed by atoms with Crippen molar-refractivity contribution in [1.82, 2.24) is 9.88 Å². The Labute approximate surface area is 130 Å². The number of nitrogens with zero attached hydrogens (tertiary/aromatic N) is 2. The Balaban J connectivity index is 1.61. The van der Waals surface area contributed by atoms with Crippen molar-refractivity contribution in [3.05, 3.63) is 16.1 Å². The Kier molecular flexibility index (Phi) is 4.91. The summed E-state index contributed by atoms with van der Waals surface area (Å²) in [7, 11) is 0. The zero-order chi connectivity index (χ0) is 14.7. The molecule has 1 aliphatic carbocycles. The maximum atomic E-state index is 12.5. The SMILES string of the molecule is Cc1csc(C2CCCCN2C(=O)COC2CCCC2)n1. The minimum Gasteiger partial charge on any atom is -0.368 e. The van der Waals surface area contributed by atoms with Crippen LogP contribution < -0.4 is 0 Å². The van der Waals surface area contributed by atoms with Crippen LogP contribution in [0.4, 0.5) is 0 Å². The van der Waals surface area contributed by atoms with Crippen LogP contribution in [0.1, 0.15) is 61.7 Å². The number of aromatic nitrogens is 1. The summed E-state index contributed by atoms with van der Waals surface area (Å²) in [4.78, 5) is 19.1. The Morgan fingerprint density at radius 1 is 1.33 bits per heavy atom. The van der Waals surface area contributed by atoms with Gasteiger partial charge >= 0.3 is 0 Å². The fourth-order valence-electron chi connectivity index (χ4n) is 3.34. The number of thiazole rings is 1. The summed E-state index contributed by atoms with van der Waals surface area (Å²) in [6, 6.07) is 0.164. The highest BCUT2D eigenvalue weighted by molar-refractivity contribution is 7.09. The molecule has 1 amide bonds. The van der Waals surface area contributed by atoms with Gasteiger partial charge in [0.05, 0.1) is 12.1 Å². The first-order valence-electron chi connectivity index (χ1n) is 8.07. The number of carbonyl (C=O) groups excluding carboxylic acids is 1. The van der Waals surface area contributed by atoms with Gasteiger partial charge in [0.1, 0.15) is 11.6 Å². The summed E-state index contributed by atoms with van der Waals surface area (Å²) in [5.74, 6) is 0.138. The van der Waals surface area contributed by atoms with Gasteiger partial charge in [-0.2, -0.15) is 0 Å². The average Bonchev–Trinajstić information content (AvgIpc) is 3.16. The highest BCUT2D eigenvalue weighted by atomic mass is 32.1. The van der Waals surface area contributed by atoms with Gasteiger partial charge in [-0.05, 0) is 39.0 Å². The molecule has 2 fully saturated rings. The number of carbonyl (C=O) groups is 1. The van der Waals surface area contributed by atoms with Crippen LogP contribution in [-0.2, 0) is 9.53 Å². The number of amides is 1. The van der Waals surface area contributed by atoms with Crippen LogP contribution in [-0.4, -0.2) is 35.0 Å². The van der Waals surface area contributed by atoms with Gasteiger partial charge in [0, 0.05) is 17.6 Å². The summed E-state index contributed by atoms with van der Waals surface area (Å²) in [6.45, 7) is 3.10. The summed E-state index contributed by atoms with van der Waals surface area (Å²) < 4.78 is 5.80. The molecule has 0 spiro atoms. The van der Waals surface area contributed by atoms with Crippen molar-refractivity contribution < 1.29 is 9.53 Å². The lowest BCUT2D eigenvalue weighted by Gasteiger charge is -2.34. The molecule has 4 nitrogen and oxygen atoms in total. The van der Waals surface area contributed by atoms with E-state index in [2.05, 4.69) is 10.4 Å². The molecule has 1 atom stereocenters. The number of ether oxygens (including phenoxy) is 1. The summed E-state index contributed by atoms with van der Waals surface area (Å²) in [6.07, 6.45) is 8.31. The number of rotatable bonds is 4. The predicted octanol–water partition coefficient (Wildman–Crippen LogP) is 3.46. The second kappa shape index (κ2) is 6.88. The predicted molar refractivity (Wildman–Crippen MR) is 83.4 cm³/mol. The fourth-order valence-corrected chi connectivity index (χ4v) is 4.28. The lowest BCUT2D eigenvalue weighted by Crippen LogP contribution is -2.41. The molecule has 1 aliphatic heterocycles. The van der Waals surface area contributed by atoms with E-state index in [1.807, 2.05) is 11.8 Å². The molecule has 1 aromatic rings. The molecule has 1 saturated heterocycles. The van der Waals surface area contributed by atoms with Gasteiger partial charge in [0.15, 0.2) is 0 Å². The van der Waals surface area contributed by atoms with Crippen LogP contribution in [0.3, 0.4) is 0 Å². The monoisotopic (exact) mass is 308 g/mol. The number of hydrogen-bond donors (Lipinski definition) is 0. The van der Waals surface area contributed by atoms with E-state index >= 15 is 0 Å². The third kappa shape index (κ3) is 3.64. The Bertz CT molecular complexity index is 482. The first kappa shape index (κ1) is 15.0. The van der Waals surface area contributed by atoms with Crippen molar-refractivity contribution in [2.45, 2.75) is 64.0 Å². The molecular formula is C16H24N2O2S. The fraction of sp³-hybridized carbons (Fsp3) is 0.750. The lowest BCUT2D eigenvalue weighted by atomic mass is 10.0. The number of hydrogen-bond acceptors (Lipinski definition) is 4. The summed E-state index contributed by atoms with van der Waals surface area (Å²) in [5, 5.41) is 3.16. The molecule has 2 heterocycles. The standard InChI is InChI=1S/C16H24N2O2S/c1-12-11-21-16(17-12)14-8-4-5-9-18(14)15(19)10-20-13-6-2-3-7-13/h11,13-14H,2-10H2,1H3. The van der Waals surface area contributed by atoms with Crippen molar-refractivity contribution in [2.24, 2.45) is 0 Å². The maximum absolute atomic E-state index is 12.5. The molecule has 2 aliphatic rings. The molecule has 0 aromatic carbocycles. The Hall–Kier alpha value is -0.940. The molecule has 1 saturated carbocycles. The largest absolute Gasteiger partial charge is 0.368 e. The van der Waals surface area contributed by atoms with Gasteiger partial charge in [0.25, 0.3) is 0 Å². The lowest BCUT2D eigenvalue weighted by molar-refractivity contribution is -0.142. The Morgan fingerprint density at radius 3 is 2.81 bits per heavy atom. The topological polar surface area (TPSA) is 42.4 Å². The van der Waals surface area contributed by atoms with Gasteiger partial charge in [-0.25, -0.2) is 4.98 Å². The second-order valence-corrected chi connectivity index (χ2v) is 7.03. The molecule has 0 N–H and O–H groups in total. The molecular weight excluding hydrogens is 284 g/mol. The highest BCUT2D eigenvalue weighted by Crippen LogP contribution is 2.33. The summed E-state index contributed by atoms with van der Waals surface area (Å²) >= 11 is 1.67. The molecule has 0 radical (unpaired) electrons. The van der Waals surface area contributed by atoms with Crippen LogP contribution in [0.15, 0.2) is 5.38 Å². The zero-order valence-corrected chi connectivity index (χ0v) is 13.5. The smallest absolute Gasteiger partial charge is 0.249 e. The minimum atomic E-state index is 0.138. The molecule has 3 rings (SSSR count). The van der Waals surface area contributed by atoms with Crippen molar-refractivity contribution in [1.29, 1.82) is 0 Å². The molecule has 21 heavy (non-hydrogen) atoms. The van der Waals surface area contributed by atoms with E-state index in [1.54, 1.807) is 11.3 Å². The van der Waals surface area contributed by atoms with Crippen LogP contribution in [0.25, 0.3) is 0 Å². The minimum absolute atomic E-state index is 0.138. The van der Waals surface area contributed by atoms with Gasteiger partial charge in [-0.1, -0.05) is 12.8 Å². The van der Waals surface area contributed by atoms with Gasteiger partial charge in [-0.3, -0.25) is 4.79 Å². The normalized spacial score (nSPS) is 23.7. The zero-order valence-electron chi connectivity index (χ0n) is 12.7. The molecule has 5 heteroatoms. The number of aryl methyl sites for hydroxylation is 1. The average molecular weight is 308 g/mol. The van der Waals surface area contributed by atoms with Crippen molar-refractivity contribution in [3.63, 3.8) is 0 Å². The van der Waals surface area contributed by atoms with E-state index in [0.717, 1.165) is 42.9 Å². The number of likely N-dealkylation sites (tertiary alicyclic amines) is 1. The van der Waals surface area contributed by atoms with E-state index in [-0.39, 0.29) is 18.6 Å². The van der Waals surface area contributed by atoms with Gasteiger partial charge < -0.3 is 9.64 Å². The first-order chi connectivity index (χ1) is 10.2. The van der Waals surface area contributed by atoms with Crippen LogP contribution >= 0.6 is 11.3 Å². The molecule has 1 aromatic heterocycles. The van der Waals surface area contributed by atoms with E-state index < -0.39 is 0 Å². The quantitative estimate of drug-likeness (QED) is 0.855. The van der Waals surface area contributed by atoms with Gasteiger partial charge in [-0.15, -0.1) is 11.3 Å². The third-order valence-corrected chi connectivity index (χ3v) is 5.55. The summed E-state index contributed by atoms with van der Waals surface area (Å²) in [5.41, 5.74) is 1.05. The molecule has 0 bridgehead atoms. The van der Waals surface area contributed by atoms with E-state index in [9.17, 15) is 4.79 Å². The Morgan fingerprint density at radius 2 is 2.10 bits per heavy atom. The van der Waals surface area contributed by atoms with Gasteiger partial charge in [0.2, 0.25) is 5.91 Å². The van der Waals surface area contributed by atoms with Crippen molar-refractivity contribution in [2.75, 3.05) is 13.2 Å².